The minimum absolute atomic E-state index is 0.0749. The molecule has 1 aliphatic heterocycles. The van der Waals surface area contributed by atoms with Crippen molar-refractivity contribution in [2.45, 2.75) is 6.92 Å². The molecule has 1 aromatic rings. The van der Waals surface area contributed by atoms with Gasteiger partial charge in [0.25, 0.3) is 0 Å². The van der Waals surface area contributed by atoms with Crippen LogP contribution in [0, 0.1) is 0 Å². The van der Waals surface area contributed by atoms with Crippen LogP contribution in [-0.4, -0.2) is 36.3 Å². The van der Waals surface area contributed by atoms with Gasteiger partial charge < -0.3 is 4.74 Å². The molecule has 0 aromatic heterocycles. The van der Waals surface area contributed by atoms with Crippen molar-refractivity contribution in [3.63, 3.8) is 0 Å². The number of rotatable bonds is 4. The summed E-state index contributed by atoms with van der Waals surface area (Å²) in [5, 5.41) is 7.22. The van der Waals surface area contributed by atoms with E-state index in [1.54, 1.807) is 0 Å². The molecule has 3 amide bonds. The molecule has 0 radical (unpaired) electrons. The number of carbonyl (C=O) groups excluding carboxylic acids is 2. The third-order valence-electron chi connectivity index (χ3n) is 2.44. The number of imide groups is 1. The second-order valence-electron chi connectivity index (χ2n) is 3.89. The van der Waals surface area contributed by atoms with E-state index in [1.165, 1.54) is 6.21 Å². The molecule has 1 aromatic carbocycles. The summed E-state index contributed by atoms with van der Waals surface area (Å²) in [7, 11) is 0. The lowest BCUT2D eigenvalue weighted by molar-refractivity contribution is -0.118. The van der Waals surface area contributed by atoms with E-state index in [-0.39, 0.29) is 12.5 Å². The van der Waals surface area contributed by atoms with E-state index in [4.69, 9.17) is 4.74 Å². The zero-order valence-corrected chi connectivity index (χ0v) is 13.7. The topological polar surface area (TPSA) is 71.0 Å². The van der Waals surface area contributed by atoms with Crippen molar-refractivity contribution in [1.82, 2.24) is 10.3 Å². The number of halogens is 2. The first kappa shape index (κ1) is 15.0. The predicted octanol–water partition coefficient (Wildman–Crippen LogP) is 2.50. The fraction of sp³-hybridized carbons (Fsp3) is 0.250. The summed E-state index contributed by atoms with van der Waals surface area (Å²) in [6.07, 6.45) is 1.48. The van der Waals surface area contributed by atoms with Gasteiger partial charge in [-0.1, -0.05) is 15.9 Å². The summed E-state index contributed by atoms with van der Waals surface area (Å²) in [6.45, 7) is 2.31. The van der Waals surface area contributed by atoms with Crippen molar-refractivity contribution in [2.75, 3.05) is 13.2 Å². The second kappa shape index (κ2) is 6.36. The number of hydrazone groups is 1. The van der Waals surface area contributed by atoms with Gasteiger partial charge in [-0.2, -0.15) is 5.10 Å². The number of hydrogen-bond acceptors (Lipinski definition) is 4. The third-order valence-corrected chi connectivity index (χ3v) is 3.48. The van der Waals surface area contributed by atoms with Crippen molar-refractivity contribution in [3.8, 4) is 5.75 Å². The zero-order valence-electron chi connectivity index (χ0n) is 10.5. The Hall–Kier alpha value is -1.41. The second-order valence-corrected chi connectivity index (χ2v) is 5.66. The molecule has 8 heteroatoms. The first-order valence-corrected chi connectivity index (χ1v) is 7.37. The molecule has 1 fully saturated rings. The fourth-order valence-electron chi connectivity index (χ4n) is 1.63. The monoisotopic (exact) mass is 403 g/mol. The van der Waals surface area contributed by atoms with Crippen LogP contribution in [0.15, 0.2) is 26.2 Å². The molecule has 1 N–H and O–H groups in total. The summed E-state index contributed by atoms with van der Waals surface area (Å²) in [5.74, 6) is 0.262. The number of urea groups is 1. The van der Waals surface area contributed by atoms with Crippen LogP contribution in [0.25, 0.3) is 0 Å². The standard InChI is InChI=1S/C12H11Br2N3O3/c1-2-20-11-7(3-8(13)4-9(11)14)5-15-17-6-10(18)16-12(17)19/h3-5H,2,6H2,1H3,(H,16,18,19)/b15-5-. The minimum atomic E-state index is -0.529. The first-order valence-electron chi connectivity index (χ1n) is 5.78. The molecule has 1 saturated heterocycles. The lowest BCUT2D eigenvalue weighted by Gasteiger charge is -2.11. The number of nitrogens with one attached hydrogen (secondary N) is 1. The van der Waals surface area contributed by atoms with Gasteiger partial charge in [0, 0.05) is 10.0 Å². The highest BCUT2D eigenvalue weighted by atomic mass is 79.9. The Morgan fingerprint density at radius 2 is 2.20 bits per heavy atom. The third kappa shape index (κ3) is 3.37. The van der Waals surface area contributed by atoms with Crippen LogP contribution in [-0.2, 0) is 4.79 Å². The molecule has 0 atom stereocenters. The van der Waals surface area contributed by atoms with Gasteiger partial charge in [0.15, 0.2) is 0 Å². The van der Waals surface area contributed by atoms with Crippen molar-refractivity contribution in [3.05, 3.63) is 26.6 Å². The van der Waals surface area contributed by atoms with Gasteiger partial charge in [-0.05, 0) is 35.0 Å². The van der Waals surface area contributed by atoms with Crippen molar-refractivity contribution >= 4 is 50.0 Å². The molecule has 0 saturated carbocycles. The van der Waals surface area contributed by atoms with Crippen molar-refractivity contribution < 1.29 is 14.3 Å². The molecule has 106 valence electrons. The van der Waals surface area contributed by atoms with Crippen molar-refractivity contribution in [1.29, 1.82) is 0 Å². The molecular weight excluding hydrogens is 394 g/mol. The molecule has 0 aliphatic carbocycles. The van der Waals surface area contributed by atoms with Crippen molar-refractivity contribution in [2.24, 2.45) is 5.10 Å². The maximum atomic E-state index is 11.4. The molecule has 0 bridgehead atoms. The Kier molecular flexibility index (Phi) is 4.77. The smallest absolute Gasteiger partial charge is 0.344 e. The molecule has 0 spiro atoms. The van der Waals surface area contributed by atoms with Gasteiger partial charge in [0.2, 0.25) is 5.91 Å². The molecule has 0 unspecified atom stereocenters. The Bertz CT molecular complexity index is 590. The van der Waals surface area contributed by atoms with Crippen LogP contribution < -0.4 is 10.1 Å². The van der Waals surface area contributed by atoms with E-state index in [2.05, 4.69) is 42.3 Å². The Morgan fingerprint density at radius 1 is 1.45 bits per heavy atom. The lowest BCUT2D eigenvalue weighted by Crippen LogP contribution is -2.24. The van der Waals surface area contributed by atoms with E-state index in [0.29, 0.717) is 17.9 Å². The fourth-order valence-corrected chi connectivity index (χ4v) is 3.00. The minimum Gasteiger partial charge on any atom is -0.492 e. The van der Waals surface area contributed by atoms with E-state index in [1.807, 2.05) is 19.1 Å². The Morgan fingerprint density at radius 3 is 2.80 bits per heavy atom. The molecule has 2 rings (SSSR count). The lowest BCUT2D eigenvalue weighted by atomic mass is 10.2. The van der Waals surface area contributed by atoms with E-state index in [0.717, 1.165) is 14.0 Å². The van der Waals surface area contributed by atoms with Crippen LogP contribution in [0.3, 0.4) is 0 Å². The highest BCUT2D eigenvalue weighted by molar-refractivity contribution is 9.11. The summed E-state index contributed by atoms with van der Waals surface area (Å²) >= 11 is 6.79. The molecule has 1 aliphatic rings. The normalized spacial score (nSPS) is 15.1. The maximum Gasteiger partial charge on any atom is 0.344 e. The van der Waals surface area contributed by atoms with Crippen LogP contribution in [0.1, 0.15) is 12.5 Å². The SMILES string of the molecule is CCOc1c(Br)cc(Br)cc1/C=N\N1CC(=O)NC1=O. The van der Waals surface area contributed by atoms with E-state index >= 15 is 0 Å². The number of ether oxygens (including phenoxy) is 1. The number of amides is 3. The van der Waals surface area contributed by atoms with E-state index < -0.39 is 6.03 Å². The maximum absolute atomic E-state index is 11.4. The van der Waals surface area contributed by atoms with Crippen LogP contribution in [0.5, 0.6) is 5.75 Å². The molecule has 1 heterocycles. The number of hydrogen-bond donors (Lipinski definition) is 1. The zero-order chi connectivity index (χ0) is 14.7. The highest BCUT2D eigenvalue weighted by Crippen LogP contribution is 2.32. The first-order chi connectivity index (χ1) is 9.51. The largest absolute Gasteiger partial charge is 0.492 e. The molecule has 20 heavy (non-hydrogen) atoms. The Balaban J connectivity index is 2.28. The molecular formula is C12H11Br2N3O3. The average Bonchev–Trinajstić information content (AvgIpc) is 2.69. The summed E-state index contributed by atoms with van der Waals surface area (Å²) in [6, 6.07) is 3.14. The van der Waals surface area contributed by atoms with Gasteiger partial charge >= 0.3 is 6.03 Å². The van der Waals surface area contributed by atoms with Gasteiger partial charge in [-0.25, -0.2) is 9.80 Å². The highest BCUT2D eigenvalue weighted by Gasteiger charge is 2.26. The van der Waals surface area contributed by atoms with Crippen LogP contribution >= 0.6 is 31.9 Å². The summed E-state index contributed by atoms with van der Waals surface area (Å²) in [5.41, 5.74) is 0.695. The van der Waals surface area contributed by atoms with Gasteiger partial charge in [0.1, 0.15) is 12.3 Å². The summed E-state index contributed by atoms with van der Waals surface area (Å²) < 4.78 is 7.16. The van der Waals surface area contributed by atoms with Gasteiger partial charge in [-0.15, -0.1) is 0 Å². The van der Waals surface area contributed by atoms with Crippen LogP contribution in [0.2, 0.25) is 0 Å². The average molecular weight is 405 g/mol. The quantitative estimate of drug-likeness (QED) is 0.619. The number of carbonyl (C=O) groups is 2. The van der Waals surface area contributed by atoms with E-state index in [9.17, 15) is 9.59 Å². The summed E-state index contributed by atoms with van der Waals surface area (Å²) in [4.78, 5) is 22.4. The predicted molar refractivity (Wildman–Crippen MR) is 80.8 cm³/mol. The van der Waals surface area contributed by atoms with Gasteiger partial charge in [0.05, 0.1) is 17.3 Å². The molecule has 6 nitrogen and oxygen atoms in total. The number of benzene rings is 1. The van der Waals surface area contributed by atoms with Crippen LogP contribution in [0.4, 0.5) is 4.79 Å². The van der Waals surface area contributed by atoms with Gasteiger partial charge in [-0.3, -0.25) is 10.1 Å². The Labute approximate surface area is 132 Å². The number of nitrogens with zero attached hydrogens (tertiary/aromatic N) is 2.